The van der Waals surface area contributed by atoms with Crippen LogP contribution in [-0.4, -0.2) is 69.8 Å². The van der Waals surface area contributed by atoms with Crippen LogP contribution in [0, 0.1) is 5.92 Å². The van der Waals surface area contributed by atoms with E-state index in [9.17, 15) is 15.0 Å². The fourth-order valence-corrected chi connectivity index (χ4v) is 4.50. The van der Waals surface area contributed by atoms with Gasteiger partial charge in [-0.3, -0.25) is 9.69 Å². The summed E-state index contributed by atoms with van der Waals surface area (Å²) >= 11 is 0. The number of piperidine rings is 2. The molecule has 1 aromatic carbocycles. The molecule has 5 nitrogen and oxygen atoms in total. The number of hydrogen-bond acceptors (Lipinski definition) is 4. The molecule has 27 heavy (non-hydrogen) atoms. The van der Waals surface area contributed by atoms with Gasteiger partial charge in [-0.15, -0.1) is 0 Å². The van der Waals surface area contributed by atoms with Gasteiger partial charge in [-0.05, 0) is 70.5 Å². The van der Waals surface area contributed by atoms with Crippen LogP contribution in [0.15, 0.2) is 30.3 Å². The molecular formula is C22H34N2O3. The maximum atomic E-state index is 13.0. The van der Waals surface area contributed by atoms with Crippen molar-refractivity contribution in [1.82, 2.24) is 9.80 Å². The minimum Gasteiger partial charge on any atom is -0.390 e. The van der Waals surface area contributed by atoms with E-state index in [1.165, 1.54) is 5.56 Å². The molecule has 5 heteroatoms. The third kappa shape index (κ3) is 5.09. The van der Waals surface area contributed by atoms with E-state index in [4.69, 9.17) is 0 Å². The number of aliphatic hydroxyl groups is 2. The van der Waals surface area contributed by atoms with Crippen molar-refractivity contribution in [3.63, 3.8) is 0 Å². The summed E-state index contributed by atoms with van der Waals surface area (Å²) in [7, 11) is 0. The highest BCUT2D eigenvalue weighted by Crippen LogP contribution is 2.30. The van der Waals surface area contributed by atoms with Crippen molar-refractivity contribution >= 4 is 5.91 Å². The van der Waals surface area contributed by atoms with Gasteiger partial charge in [0.1, 0.15) is 0 Å². The molecule has 2 aliphatic heterocycles. The topological polar surface area (TPSA) is 64.0 Å². The molecule has 1 atom stereocenters. The molecule has 0 bridgehead atoms. The van der Waals surface area contributed by atoms with Crippen LogP contribution >= 0.6 is 0 Å². The number of nitrogens with zero attached hydrogens (tertiary/aromatic N) is 2. The summed E-state index contributed by atoms with van der Waals surface area (Å²) in [6.07, 6.45) is 4.02. The Morgan fingerprint density at radius 2 is 1.81 bits per heavy atom. The second-order valence-electron chi connectivity index (χ2n) is 8.87. The summed E-state index contributed by atoms with van der Waals surface area (Å²) < 4.78 is 0. The van der Waals surface area contributed by atoms with Gasteiger partial charge in [0, 0.05) is 19.6 Å². The molecule has 2 aliphatic rings. The SMILES string of the molecule is CC(C)(O)C1CCN(C[C@@]2(O)CCCN(CCc3ccccc3)C2=O)CC1. The van der Waals surface area contributed by atoms with E-state index >= 15 is 0 Å². The molecule has 0 radical (unpaired) electrons. The van der Waals surface area contributed by atoms with Gasteiger partial charge in [0.25, 0.3) is 5.91 Å². The molecule has 150 valence electrons. The van der Waals surface area contributed by atoms with Gasteiger partial charge in [-0.1, -0.05) is 30.3 Å². The number of carbonyl (C=O) groups excluding carboxylic acids is 1. The summed E-state index contributed by atoms with van der Waals surface area (Å²) in [5.41, 5.74) is -0.706. The fraction of sp³-hybridized carbons (Fsp3) is 0.682. The standard InChI is InChI=1S/C22H34N2O3/c1-21(2,26)19-10-14-23(15-11-19)17-22(27)12-6-13-24(20(22)25)16-9-18-7-4-3-5-8-18/h3-5,7-8,19,26-27H,6,9-17H2,1-2H3/t22-/m0/s1. The lowest BCUT2D eigenvalue weighted by molar-refractivity contribution is -0.160. The highest BCUT2D eigenvalue weighted by molar-refractivity contribution is 5.86. The zero-order valence-electron chi connectivity index (χ0n) is 16.7. The first-order valence-corrected chi connectivity index (χ1v) is 10.3. The van der Waals surface area contributed by atoms with Crippen molar-refractivity contribution in [2.75, 3.05) is 32.7 Å². The van der Waals surface area contributed by atoms with Crippen LogP contribution in [0.4, 0.5) is 0 Å². The van der Waals surface area contributed by atoms with Gasteiger partial charge in [-0.25, -0.2) is 0 Å². The number of rotatable bonds is 6. The highest BCUT2D eigenvalue weighted by atomic mass is 16.3. The van der Waals surface area contributed by atoms with Crippen LogP contribution < -0.4 is 0 Å². The highest BCUT2D eigenvalue weighted by Gasteiger charge is 2.44. The lowest BCUT2D eigenvalue weighted by atomic mass is 9.82. The van der Waals surface area contributed by atoms with Gasteiger partial charge < -0.3 is 15.1 Å². The Hall–Kier alpha value is -1.43. The summed E-state index contributed by atoms with van der Waals surface area (Å²) in [5.74, 6) is 0.169. The minimum absolute atomic E-state index is 0.116. The van der Waals surface area contributed by atoms with Crippen LogP contribution in [0.3, 0.4) is 0 Å². The van der Waals surface area contributed by atoms with Crippen molar-refractivity contribution in [2.45, 2.75) is 57.2 Å². The zero-order chi connectivity index (χ0) is 19.5. The Kier molecular flexibility index (Phi) is 6.24. The van der Waals surface area contributed by atoms with E-state index in [0.29, 0.717) is 19.5 Å². The molecule has 0 saturated carbocycles. The molecule has 0 unspecified atom stereocenters. The lowest BCUT2D eigenvalue weighted by Gasteiger charge is -2.43. The van der Waals surface area contributed by atoms with Crippen LogP contribution in [0.2, 0.25) is 0 Å². The van der Waals surface area contributed by atoms with E-state index in [1.54, 1.807) is 0 Å². The smallest absolute Gasteiger partial charge is 0.255 e. The van der Waals surface area contributed by atoms with Crippen molar-refractivity contribution in [3.8, 4) is 0 Å². The molecule has 2 heterocycles. The Morgan fingerprint density at radius 3 is 2.44 bits per heavy atom. The average molecular weight is 375 g/mol. The Bertz CT molecular complexity index is 620. The quantitative estimate of drug-likeness (QED) is 0.800. The van der Waals surface area contributed by atoms with E-state index in [0.717, 1.165) is 45.3 Å². The first kappa shape index (κ1) is 20.3. The number of amides is 1. The number of likely N-dealkylation sites (tertiary alicyclic amines) is 2. The van der Waals surface area contributed by atoms with Crippen LogP contribution in [0.5, 0.6) is 0 Å². The third-order valence-electron chi connectivity index (χ3n) is 6.29. The van der Waals surface area contributed by atoms with Gasteiger partial charge in [0.2, 0.25) is 0 Å². The lowest BCUT2D eigenvalue weighted by Crippen LogP contribution is -2.59. The maximum Gasteiger partial charge on any atom is 0.255 e. The second kappa shape index (κ2) is 8.29. The molecule has 1 aromatic rings. The Balaban J connectivity index is 1.54. The molecule has 2 saturated heterocycles. The summed E-state index contributed by atoms with van der Waals surface area (Å²) in [5, 5.41) is 21.3. The predicted molar refractivity (Wildman–Crippen MR) is 106 cm³/mol. The normalized spacial score (nSPS) is 25.8. The van der Waals surface area contributed by atoms with Crippen LogP contribution in [-0.2, 0) is 11.2 Å². The Labute approximate surface area is 163 Å². The summed E-state index contributed by atoms with van der Waals surface area (Å²) in [4.78, 5) is 17.0. The van der Waals surface area contributed by atoms with Crippen LogP contribution in [0.25, 0.3) is 0 Å². The molecule has 2 fully saturated rings. The molecule has 3 rings (SSSR count). The van der Waals surface area contributed by atoms with E-state index in [1.807, 2.05) is 36.9 Å². The van der Waals surface area contributed by atoms with Crippen molar-refractivity contribution in [1.29, 1.82) is 0 Å². The molecule has 1 amide bonds. The number of β-amino-alcohol motifs (C(OH)–C–C–N with tert-alkyl or cyclic N) is 1. The van der Waals surface area contributed by atoms with Gasteiger partial charge in [0.05, 0.1) is 5.60 Å². The first-order valence-electron chi connectivity index (χ1n) is 10.3. The number of benzene rings is 1. The molecule has 0 aromatic heterocycles. The molecule has 2 N–H and O–H groups in total. The van der Waals surface area contributed by atoms with E-state index < -0.39 is 11.2 Å². The van der Waals surface area contributed by atoms with E-state index in [2.05, 4.69) is 17.0 Å². The summed E-state index contributed by atoms with van der Waals surface area (Å²) in [6.45, 7) is 7.20. The van der Waals surface area contributed by atoms with Gasteiger partial charge >= 0.3 is 0 Å². The minimum atomic E-state index is -1.27. The zero-order valence-corrected chi connectivity index (χ0v) is 16.7. The molecule has 0 spiro atoms. The van der Waals surface area contributed by atoms with E-state index in [-0.39, 0.29) is 11.8 Å². The Morgan fingerprint density at radius 1 is 1.15 bits per heavy atom. The number of carbonyl (C=O) groups is 1. The monoisotopic (exact) mass is 374 g/mol. The second-order valence-corrected chi connectivity index (χ2v) is 8.87. The van der Waals surface area contributed by atoms with Crippen molar-refractivity contribution in [2.24, 2.45) is 5.92 Å². The molecular weight excluding hydrogens is 340 g/mol. The van der Waals surface area contributed by atoms with Crippen molar-refractivity contribution < 1.29 is 15.0 Å². The van der Waals surface area contributed by atoms with Gasteiger partial charge in [-0.2, -0.15) is 0 Å². The third-order valence-corrected chi connectivity index (χ3v) is 6.29. The predicted octanol–water partition coefficient (Wildman–Crippen LogP) is 2.07. The van der Waals surface area contributed by atoms with Crippen molar-refractivity contribution in [3.05, 3.63) is 35.9 Å². The molecule has 0 aliphatic carbocycles. The largest absolute Gasteiger partial charge is 0.390 e. The summed E-state index contributed by atoms with van der Waals surface area (Å²) in [6, 6.07) is 10.2. The average Bonchev–Trinajstić information content (AvgIpc) is 2.64. The first-order chi connectivity index (χ1) is 12.8. The fourth-order valence-electron chi connectivity index (χ4n) is 4.50. The number of hydrogen-bond donors (Lipinski definition) is 2. The maximum absolute atomic E-state index is 13.0. The van der Waals surface area contributed by atoms with Crippen LogP contribution in [0.1, 0.15) is 45.1 Å². The van der Waals surface area contributed by atoms with Gasteiger partial charge in [0.15, 0.2) is 5.60 Å².